The third kappa shape index (κ3) is 2.59. The summed E-state index contributed by atoms with van der Waals surface area (Å²) < 4.78 is 12.2. The Morgan fingerprint density at radius 1 is 1.21 bits per heavy atom. The molecule has 2 saturated carbocycles. The molecule has 4 fully saturated rings. The van der Waals surface area contributed by atoms with Crippen LogP contribution in [0.3, 0.4) is 0 Å². The number of fused-ring (bicyclic) bond motifs is 5. The van der Waals surface area contributed by atoms with Crippen LogP contribution in [0.4, 0.5) is 0 Å². The number of amides is 1. The Labute approximate surface area is 174 Å². The van der Waals surface area contributed by atoms with Gasteiger partial charge in [0.2, 0.25) is 5.91 Å². The molecular weight excluding hydrogens is 366 g/mol. The standard InChI is InChI=1S/C24H37NO4/c1-5-25-19-9-6-15-16-7-8-18(24(4)28-12-13-29-24)23(16,3)14-17(26)21(15)22(19,2)11-10-20(25)27/h9,15-18,21,26H,5-8,10-14H2,1-4H3/t15?,16?,17-,18-,21?,22-,23-/m0/s1. The second kappa shape index (κ2) is 6.54. The Hall–Kier alpha value is -0.910. The van der Waals surface area contributed by atoms with Gasteiger partial charge in [0.15, 0.2) is 5.79 Å². The molecule has 5 aliphatic rings. The maximum atomic E-state index is 12.5. The van der Waals surface area contributed by atoms with Crippen molar-refractivity contribution in [2.24, 2.45) is 34.5 Å². The largest absolute Gasteiger partial charge is 0.393 e. The van der Waals surface area contributed by atoms with E-state index in [0.29, 0.717) is 37.4 Å². The molecule has 3 aliphatic carbocycles. The van der Waals surface area contributed by atoms with E-state index in [9.17, 15) is 9.90 Å². The zero-order valence-corrected chi connectivity index (χ0v) is 18.4. The van der Waals surface area contributed by atoms with E-state index in [1.54, 1.807) is 0 Å². The Morgan fingerprint density at radius 3 is 2.62 bits per heavy atom. The number of allylic oxidation sites excluding steroid dienone is 2. The number of hydrogen-bond acceptors (Lipinski definition) is 4. The SMILES string of the molecule is CCN1C(=O)CC[C@@]2(C)C1=CCC1C2[C@@H](O)C[C@@]2(C)C1CC[C@@H]2C1(C)OCCO1. The summed E-state index contributed by atoms with van der Waals surface area (Å²) >= 11 is 0. The van der Waals surface area contributed by atoms with Crippen molar-refractivity contribution in [3.63, 3.8) is 0 Å². The number of ether oxygens (including phenoxy) is 2. The molecule has 0 aromatic rings. The predicted octanol–water partition coefficient (Wildman–Crippen LogP) is 3.72. The number of carbonyl (C=O) groups is 1. The topological polar surface area (TPSA) is 59.0 Å². The van der Waals surface area contributed by atoms with E-state index in [4.69, 9.17) is 9.47 Å². The Balaban J connectivity index is 1.51. The maximum absolute atomic E-state index is 12.5. The van der Waals surface area contributed by atoms with Gasteiger partial charge < -0.3 is 19.5 Å². The third-order valence-corrected chi connectivity index (χ3v) is 9.62. The molecule has 7 atom stereocenters. The molecule has 162 valence electrons. The fourth-order valence-electron chi connectivity index (χ4n) is 8.52. The van der Waals surface area contributed by atoms with Gasteiger partial charge in [-0.15, -0.1) is 0 Å². The maximum Gasteiger partial charge on any atom is 0.226 e. The number of aliphatic hydroxyl groups excluding tert-OH is 1. The number of aliphatic hydroxyl groups is 1. The lowest BCUT2D eigenvalue weighted by Gasteiger charge is -2.60. The molecule has 0 bridgehead atoms. The van der Waals surface area contributed by atoms with Crippen molar-refractivity contribution in [2.45, 2.75) is 78.1 Å². The zero-order valence-electron chi connectivity index (χ0n) is 18.4. The minimum Gasteiger partial charge on any atom is -0.393 e. The van der Waals surface area contributed by atoms with Gasteiger partial charge in [0.25, 0.3) is 0 Å². The normalized spacial score (nSPS) is 48.7. The fourth-order valence-corrected chi connectivity index (χ4v) is 8.52. The van der Waals surface area contributed by atoms with Crippen molar-refractivity contribution in [2.75, 3.05) is 19.8 Å². The highest BCUT2D eigenvalue weighted by molar-refractivity contribution is 5.80. The van der Waals surface area contributed by atoms with Crippen LogP contribution in [-0.2, 0) is 14.3 Å². The van der Waals surface area contributed by atoms with Gasteiger partial charge in [-0.05, 0) is 69.1 Å². The Kier molecular flexibility index (Phi) is 4.52. The van der Waals surface area contributed by atoms with Crippen molar-refractivity contribution < 1.29 is 19.4 Å². The van der Waals surface area contributed by atoms with Crippen LogP contribution in [0.5, 0.6) is 0 Å². The van der Waals surface area contributed by atoms with Crippen LogP contribution in [0.15, 0.2) is 11.8 Å². The molecule has 1 amide bonds. The van der Waals surface area contributed by atoms with Crippen LogP contribution in [0.1, 0.15) is 66.2 Å². The summed E-state index contributed by atoms with van der Waals surface area (Å²) in [7, 11) is 0. The zero-order chi connectivity index (χ0) is 20.6. The van der Waals surface area contributed by atoms with Crippen molar-refractivity contribution in [3.05, 3.63) is 11.8 Å². The monoisotopic (exact) mass is 403 g/mol. The molecule has 2 saturated heterocycles. The van der Waals surface area contributed by atoms with Crippen LogP contribution in [0.25, 0.3) is 0 Å². The van der Waals surface area contributed by atoms with Gasteiger partial charge >= 0.3 is 0 Å². The molecule has 5 rings (SSSR count). The first-order valence-corrected chi connectivity index (χ1v) is 11.7. The quantitative estimate of drug-likeness (QED) is 0.764. The summed E-state index contributed by atoms with van der Waals surface area (Å²) in [6, 6.07) is 0. The van der Waals surface area contributed by atoms with E-state index >= 15 is 0 Å². The first-order chi connectivity index (χ1) is 13.7. The molecule has 2 aliphatic heterocycles. The Bertz CT molecular complexity index is 728. The third-order valence-electron chi connectivity index (χ3n) is 9.62. The van der Waals surface area contributed by atoms with E-state index in [-0.39, 0.29) is 28.8 Å². The highest BCUT2D eigenvalue weighted by atomic mass is 16.7. The summed E-state index contributed by atoms with van der Waals surface area (Å²) in [5, 5.41) is 11.6. The van der Waals surface area contributed by atoms with Gasteiger partial charge in [0.1, 0.15) is 0 Å². The van der Waals surface area contributed by atoms with Gasteiger partial charge in [-0.25, -0.2) is 0 Å². The number of hydrogen-bond donors (Lipinski definition) is 1. The minimum atomic E-state index is -0.508. The molecule has 2 heterocycles. The summed E-state index contributed by atoms with van der Waals surface area (Å²) in [4.78, 5) is 14.5. The lowest BCUT2D eigenvalue weighted by Crippen LogP contribution is -2.60. The molecule has 1 N–H and O–H groups in total. The molecule has 0 aromatic carbocycles. The lowest BCUT2D eigenvalue weighted by atomic mass is 9.47. The van der Waals surface area contributed by atoms with Gasteiger partial charge in [0.05, 0.1) is 19.3 Å². The average molecular weight is 404 g/mol. The van der Waals surface area contributed by atoms with Crippen LogP contribution >= 0.6 is 0 Å². The van der Waals surface area contributed by atoms with E-state index < -0.39 is 5.79 Å². The number of nitrogens with zero attached hydrogens (tertiary/aromatic N) is 1. The van der Waals surface area contributed by atoms with Crippen LogP contribution < -0.4 is 0 Å². The lowest BCUT2D eigenvalue weighted by molar-refractivity contribution is -0.224. The molecule has 0 spiro atoms. The highest BCUT2D eigenvalue weighted by Gasteiger charge is 2.65. The smallest absolute Gasteiger partial charge is 0.226 e. The van der Waals surface area contributed by atoms with E-state index in [0.717, 1.165) is 32.2 Å². The van der Waals surface area contributed by atoms with E-state index in [2.05, 4.69) is 33.8 Å². The van der Waals surface area contributed by atoms with Crippen molar-refractivity contribution in [1.29, 1.82) is 0 Å². The first kappa shape index (κ1) is 20.0. The van der Waals surface area contributed by atoms with Crippen LogP contribution in [-0.4, -0.2) is 47.6 Å². The van der Waals surface area contributed by atoms with Gasteiger partial charge in [-0.2, -0.15) is 0 Å². The highest BCUT2D eigenvalue weighted by Crippen LogP contribution is 2.67. The van der Waals surface area contributed by atoms with Crippen molar-refractivity contribution in [1.82, 2.24) is 4.90 Å². The second-order valence-electron chi connectivity index (χ2n) is 10.8. The Morgan fingerprint density at radius 2 is 1.93 bits per heavy atom. The van der Waals surface area contributed by atoms with Gasteiger partial charge in [-0.3, -0.25) is 4.79 Å². The van der Waals surface area contributed by atoms with Crippen LogP contribution in [0, 0.1) is 34.5 Å². The van der Waals surface area contributed by atoms with E-state index in [1.165, 1.54) is 12.1 Å². The van der Waals surface area contributed by atoms with Crippen LogP contribution in [0.2, 0.25) is 0 Å². The summed E-state index contributed by atoms with van der Waals surface area (Å²) in [6.45, 7) is 10.9. The number of carbonyl (C=O) groups excluding carboxylic acids is 1. The summed E-state index contributed by atoms with van der Waals surface area (Å²) in [5.41, 5.74) is 1.12. The molecule has 5 nitrogen and oxygen atoms in total. The van der Waals surface area contributed by atoms with Gasteiger partial charge in [0, 0.05) is 30.0 Å². The predicted molar refractivity (Wildman–Crippen MR) is 110 cm³/mol. The summed E-state index contributed by atoms with van der Waals surface area (Å²) in [6.07, 6.45) is 7.56. The van der Waals surface area contributed by atoms with Gasteiger partial charge in [-0.1, -0.05) is 19.9 Å². The van der Waals surface area contributed by atoms with Crippen molar-refractivity contribution >= 4 is 5.91 Å². The molecule has 3 unspecified atom stereocenters. The minimum absolute atomic E-state index is 0.0380. The molecule has 5 heteroatoms. The average Bonchev–Trinajstić information content (AvgIpc) is 3.25. The summed E-state index contributed by atoms with van der Waals surface area (Å²) in [5.74, 6) is 1.35. The first-order valence-electron chi connectivity index (χ1n) is 11.7. The second-order valence-corrected chi connectivity index (χ2v) is 10.8. The van der Waals surface area contributed by atoms with E-state index in [1.807, 2.05) is 4.90 Å². The number of rotatable bonds is 2. The molecule has 0 radical (unpaired) electrons. The molecule has 29 heavy (non-hydrogen) atoms. The fraction of sp³-hybridized carbons (Fsp3) is 0.875. The number of likely N-dealkylation sites (tertiary alicyclic amines) is 1. The number of piperidine rings is 1. The molecular formula is C24H37NO4. The molecule has 0 aromatic heterocycles. The van der Waals surface area contributed by atoms with Crippen molar-refractivity contribution in [3.8, 4) is 0 Å².